The number of benzene rings is 2. The van der Waals surface area contributed by atoms with Crippen LogP contribution in [0.2, 0.25) is 0 Å². The Bertz CT molecular complexity index is 768. The first kappa shape index (κ1) is 19.1. The van der Waals surface area contributed by atoms with Crippen molar-refractivity contribution in [2.45, 2.75) is 12.5 Å². The Balaban J connectivity index is 1.48. The van der Waals surface area contributed by atoms with Crippen molar-refractivity contribution in [3.8, 4) is 11.1 Å². The predicted molar refractivity (Wildman–Crippen MR) is 109 cm³/mol. The fourth-order valence-electron chi connectivity index (χ4n) is 4.20. The van der Waals surface area contributed by atoms with Gasteiger partial charge in [-0.25, -0.2) is 0 Å². The molecule has 2 aliphatic rings. The maximum atomic E-state index is 13.1. The second kappa shape index (κ2) is 9.32. The van der Waals surface area contributed by atoms with Crippen LogP contribution in [0.15, 0.2) is 54.6 Å². The van der Waals surface area contributed by atoms with Crippen molar-refractivity contribution in [1.29, 1.82) is 0 Å². The fraction of sp³-hybridized carbons (Fsp3) is 0.435. The largest absolute Gasteiger partial charge is 0.381 e. The van der Waals surface area contributed by atoms with E-state index in [0.717, 1.165) is 62.6 Å². The predicted octanol–water partition coefficient (Wildman–Crippen LogP) is 2.82. The lowest BCUT2D eigenvalue weighted by atomic mass is 9.96. The SMILES string of the molecule is O=C(NC[C@@H]([C@@H]1CCOC1)N1CCOCC1)c1ccccc1-c1ccccc1. The Morgan fingerprint density at radius 1 is 1.00 bits per heavy atom. The summed E-state index contributed by atoms with van der Waals surface area (Å²) < 4.78 is 11.1. The number of morpholine rings is 1. The van der Waals surface area contributed by atoms with E-state index in [9.17, 15) is 4.79 Å². The van der Waals surface area contributed by atoms with Crippen LogP contribution in [0.25, 0.3) is 11.1 Å². The van der Waals surface area contributed by atoms with E-state index in [0.29, 0.717) is 18.5 Å². The summed E-state index contributed by atoms with van der Waals surface area (Å²) in [6.45, 7) is 5.57. The molecule has 0 unspecified atom stereocenters. The third kappa shape index (κ3) is 4.43. The van der Waals surface area contributed by atoms with Gasteiger partial charge in [0.15, 0.2) is 0 Å². The molecular formula is C23H28N2O3. The number of ether oxygens (including phenoxy) is 2. The lowest BCUT2D eigenvalue weighted by Crippen LogP contribution is -2.52. The molecule has 2 saturated heterocycles. The Kier molecular flexibility index (Phi) is 6.37. The summed E-state index contributed by atoms with van der Waals surface area (Å²) in [6, 6.07) is 18.2. The number of hydrogen-bond donors (Lipinski definition) is 1. The summed E-state index contributed by atoms with van der Waals surface area (Å²) in [5, 5.41) is 3.21. The molecule has 1 N–H and O–H groups in total. The minimum Gasteiger partial charge on any atom is -0.381 e. The zero-order valence-corrected chi connectivity index (χ0v) is 16.2. The highest BCUT2D eigenvalue weighted by Crippen LogP contribution is 2.24. The van der Waals surface area contributed by atoms with Crippen molar-refractivity contribution in [2.24, 2.45) is 5.92 Å². The molecule has 28 heavy (non-hydrogen) atoms. The van der Waals surface area contributed by atoms with Gasteiger partial charge in [-0.15, -0.1) is 0 Å². The van der Waals surface area contributed by atoms with Crippen LogP contribution in [0.4, 0.5) is 0 Å². The molecule has 2 heterocycles. The van der Waals surface area contributed by atoms with Crippen LogP contribution in [0.1, 0.15) is 16.8 Å². The molecule has 1 amide bonds. The van der Waals surface area contributed by atoms with Gasteiger partial charge in [-0.3, -0.25) is 9.69 Å². The number of rotatable bonds is 6. The van der Waals surface area contributed by atoms with Gasteiger partial charge in [0.2, 0.25) is 0 Å². The number of carbonyl (C=O) groups is 1. The highest BCUT2D eigenvalue weighted by Gasteiger charge is 2.32. The molecular weight excluding hydrogens is 352 g/mol. The van der Waals surface area contributed by atoms with Crippen molar-refractivity contribution in [3.05, 3.63) is 60.2 Å². The molecule has 2 aromatic carbocycles. The first-order valence-corrected chi connectivity index (χ1v) is 10.1. The van der Waals surface area contributed by atoms with Gasteiger partial charge in [-0.05, 0) is 23.6 Å². The standard InChI is InChI=1S/C23H28N2O3/c26-23(21-9-5-4-8-20(21)18-6-2-1-3-7-18)24-16-22(19-10-13-28-17-19)25-11-14-27-15-12-25/h1-9,19,22H,10-17H2,(H,24,26)/t19-,22+/m1/s1. The van der Waals surface area contributed by atoms with Crippen LogP contribution in [0, 0.1) is 5.92 Å². The van der Waals surface area contributed by atoms with Crippen molar-refractivity contribution in [3.63, 3.8) is 0 Å². The number of nitrogens with one attached hydrogen (secondary N) is 1. The van der Waals surface area contributed by atoms with E-state index in [1.54, 1.807) is 0 Å². The van der Waals surface area contributed by atoms with Gasteiger partial charge in [0.1, 0.15) is 0 Å². The van der Waals surface area contributed by atoms with Crippen molar-refractivity contribution in [2.75, 3.05) is 46.1 Å². The van der Waals surface area contributed by atoms with E-state index < -0.39 is 0 Å². The minimum atomic E-state index is -0.0170. The summed E-state index contributed by atoms with van der Waals surface area (Å²) in [4.78, 5) is 15.5. The molecule has 2 aromatic rings. The van der Waals surface area contributed by atoms with Crippen LogP contribution in [0.3, 0.4) is 0 Å². The second-order valence-electron chi connectivity index (χ2n) is 7.46. The van der Waals surface area contributed by atoms with Crippen LogP contribution in [-0.4, -0.2) is 62.9 Å². The van der Waals surface area contributed by atoms with Crippen LogP contribution in [-0.2, 0) is 9.47 Å². The van der Waals surface area contributed by atoms with E-state index >= 15 is 0 Å². The first-order valence-electron chi connectivity index (χ1n) is 10.1. The highest BCUT2D eigenvalue weighted by atomic mass is 16.5. The average molecular weight is 380 g/mol. The Labute approximate surface area is 166 Å². The zero-order valence-electron chi connectivity index (χ0n) is 16.2. The van der Waals surface area contributed by atoms with Gasteiger partial charge >= 0.3 is 0 Å². The summed E-state index contributed by atoms with van der Waals surface area (Å²) in [5.41, 5.74) is 2.74. The lowest BCUT2D eigenvalue weighted by Gasteiger charge is -2.37. The Hall–Kier alpha value is -2.21. The number of hydrogen-bond acceptors (Lipinski definition) is 4. The van der Waals surface area contributed by atoms with Gasteiger partial charge in [0.25, 0.3) is 5.91 Å². The van der Waals surface area contributed by atoms with Crippen LogP contribution < -0.4 is 5.32 Å². The molecule has 5 heteroatoms. The Morgan fingerprint density at radius 3 is 2.50 bits per heavy atom. The van der Waals surface area contributed by atoms with Crippen molar-refractivity contribution < 1.29 is 14.3 Å². The fourth-order valence-corrected chi connectivity index (χ4v) is 4.20. The van der Waals surface area contributed by atoms with E-state index in [4.69, 9.17) is 9.47 Å². The summed E-state index contributed by atoms with van der Waals surface area (Å²) in [6.07, 6.45) is 1.05. The number of carbonyl (C=O) groups excluding carboxylic acids is 1. The minimum absolute atomic E-state index is 0.0170. The highest BCUT2D eigenvalue weighted by molar-refractivity contribution is 6.00. The van der Waals surface area contributed by atoms with E-state index in [1.165, 1.54) is 0 Å². The summed E-state index contributed by atoms with van der Waals surface area (Å²) in [5.74, 6) is 0.444. The maximum absolute atomic E-state index is 13.1. The van der Waals surface area contributed by atoms with Gasteiger partial charge in [0.05, 0.1) is 19.8 Å². The third-order valence-electron chi connectivity index (χ3n) is 5.75. The molecule has 148 valence electrons. The maximum Gasteiger partial charge on any atom is 0.251 e. The van der Waals surface area contributed by atoms with Gasteiger partial charge < -0.3 is 14.8 Å². The first-order chi connectivity index (χ1) is 13.8. The molecule has 0 bridgehead atoms. The molecule has 2 fully saturated rings. The van der Waals surface area contributed by atoms with E-state index in [1.807, 2.05) is 54.6 Å². The molecule has 2 aliphatic heterocycles. The second-order valence-corrected chi connectivity index (χ2v) is 7.46. The Morgan fingerprint density at radius 2 is 1.75 bits per heavy atom. The number of amides is 1. The zero-order chi connectivity index (χ0) is 19.2. The molecule has 5 nitrogen and oxygen atoms in total. The molecule has 0 aliphatic carbocycles. The van der Waals surface area contributed by atoms with Crippen molar-refractivity contribution in [1.82, 2.24) is 10.2 Å². The molecule has 4 rings (SSSR count). The van der Waals surface area contributed by atoms with E-state index in [2.05, 4.69) is 10.2 Å². The smallest absolute Gasteiger partial charge is 0.251 e. The average Bonchev–Trinajstić information content (AvgIpc) is 3.30. The normalized spacial score (nSPS) is 21.4. The van der Waals surface area contributed by atoms with Gasteiger partial charge in [0, 0.05) is 43.8 Å². The van der Waals surface area contributed by atoms with E-state index in [-0.39, 0.29) is 5.91 Å². The topological polar surface area (TPSA) is 50.8 Å². The van der Waals surface area contributed by atoms with Gasteiger partial charge in [-0.2, -0.15) is 0 Å². The summed E-state index contributed by atoms with van der Waals surface area (Å²) >= 11 is 0. The summed E-state index contributed by atoms with van der Waals surface area (Å²) in [7, 11) is 0. The number of nitrogens with zero attached hydrogens (tertiary/aromatic N) is 1. The molecule has 0 spiro atoms. The van der Waals surface area contributed by atoms with Gasteiger partial charge in [-0.1, -0.05) is 48.5 Å². The molecule has 0 saturated carbocycles. The van der Waals surface area contributed by atoms with Crippen LogP contribution in [0.5, 0.6) is 0 Å². The third-order valence-corrected chi connectivity index (χ3v) is 5.75. The van der Waals surface area contributed by atoms with Crippen molar-refractivity contribution >= 4 is 5.91 Å². The molecule has 2 atom stereocenters. The molecule has 0 aromatic heterocycles. The molecule has 0 radical (unpaired) electrons. The lowest BCUT2D eigenvalue weighted by molar-refractivity contribution is 0.00166. The monoisotopic (exact) mass is 380 g/mol. The van der Waals surface area contributed by atoms with Crippen LogP contribution >= 0.6 is 0 Å². The quantitative estimate of drug-likeness (QED) is 0.837.